The van der Waals surface area contributed by atoms with Crippen LogP contribution in [-0.4, -0.2) is 15.6 Å². The predicted octanol–water partition coefficient (Wildman–Crippen LogP) is 4.04. The molecule has 0 unspecified atom stereocenters. The Bertz CT molecular complexity index is 468. The second-order valence-corrected chi connectivity index (χ2v) is 6.80. The van der Waals surface area contributed by atoms with Crippen LogP contribution in [-0.2, 0) is 24.2 Å². The van der Waals surface area contributed by atoms with Crippen LogP contribution in [0.2, 0.25) is 0 Å². The first kappa shape index (κ1) is 16.3. The summed E-state index contributed by atoms with van der Waals surface area (Å²) in [5, 5.41) is 4.55. The molecular weight excluding hydrogens is 260 g/mol. The van der Waals surface area contributed by atoms with Gasteiger partial charge in [0.1, 0.15) is 5.78 Å². The van der Waals surface area contributed by atoms with Gasteiger partial charge < -0.3 is 0 Å². The molecule has 21 heavy (non-hydrogen) atoms. The van der Waals surface area contributed by atoms with Crippen molar-refractivity contribution in [2.45, 2.75) is 72.8 Å². The second kappa shape index (κ2) is 7.24. The molecule has 118 valence electrons. The first-order valence-electron chi connectivity index (χ1n) is 8.63. The maximum absolute atomic E-state index is 12.6. The molecule has 0 spiro atoms. The van der Waals surface area contributed by atoms with Crippen molar-refractivity contribution in [3.8, 4) is 0 Å². The summed E-state index contributed by atoms with van der Waals surface area (Å²) in [6.07, 6.45) is 6.12. The van der Waals surface area contributed by atoms with E-state index in [2.05, 4.69) is 38.9 Å². The van der Waals surface area contributed by atoms with E-state index in [1.165, 1.54) is 12.8 Å². The van der Waals surface area contributed by atoms with E-state index in [0.717, 1.165) is 49.0 Å². The van der Waals surface area contributed by atoms with Crippen LogP contribution in [0.1, 0.15) is 64.8 Å². The predicted molar refractivity (Wildman–Crippen MR) is 86.3 cm³/mol. The number of hydrogen-bond acceptors (Lipinski definition) is 2. The lowest BCUT2D eigenvalue weighted by Crippen LogP contribution is -2.25. The van der Waals surface area contributed by atoms with Gasteiger partial charge in [0.25, 0.3) is 0 Å². The van der Waals surface area contributed by atoms with Crippen molar-refractivity contribution in [2.75, 3.05) is 0 Å². The van der Waals surface area contributed by atoms with Gasteiger partial charge in [0.15, 0.2) is 0 Å². The summed E-state index contributed by atoms with van der Waals surface area (Å²) in [6, 6.07) is 2.11. The number of rotatable bonds is 6. The molecule has 0 saturated heterocycles. The lowest BCUT2D eigenvalue weighted by atomic mass is 9.75. The van der Waals surface area contributed by atoms with Crippen molar-refractivity contribution in [2.24, 2.45) is 17.8 Å². The van der Waals surface area contributed by atoms with Crippen LogP contribution < -0.4 is 0 Å². The largest absolute Gasteiger partial charge is 0.299 e. The minimum atomic E-state index is 0.283. The highest BCUT2D eigenvalue weighted by Crippen LogP contribution is 2.34. The number of Topliss-reactive ketones (excluding diaryl/α,β-unsaturated/α-hetero) is 1. The zero-order chi connectivity index (χ0) is 15.4. The Hall–Kier alpha value is -1.12. The number of aryl methyl sites for hydroxylation is 2. The molecule has 0 N–H and O–H groups in total. The molecule has 0 atom stereocenters. The Morgan fingerprint density at radius 1 is 1.29 bits per heavy atom. The number of hydrogen-bond donors (Lipinski definition) is 0. The zero-order valence-electron chi connectivity index (χ0n) is 14.1. The molecule has 1 fully saturated rings. The molecule has 2 rings (SSSR count). The van der Waals surface area contributed by atoms with Gasteiger partial charge in [-0.25, -0.2) is 0 Å². The van der Waals surface area contributed by atoms with E-state index in [4.69, 9.17) is 0 Å². The lowest BCUT2D eigenvalue weighted by molar-refractivity contribution is -0.123. The van der Waals surface area contributed by atoms with Gasteiger partial charge >= 0.3 is 0 Å². The summed E-state index contributed by atoms with van der Waals surface area (Å²) in [5.41, 5.74) is 2.20. The van der Waals surface area contributed by atoms with E-state index in [1.54, 1.807) is 0 Å². The standard InChI is InChI=1S/C18H30N2O/c1-5-16-11-17(20(6-2)19-16)12-18(21)15-9-7-14(8-10-15)13(3)4/h11,13-15H,5-10,12H2,1-4H3. The lowest BCUT2D eigenvalue weighted by Gasteiger charge is -2.30. The van der Waals surface area contributed by atoms with Gasteiger partial charge in [0, 0.05) is 24.6 Å². The summed E-state index contributed by atoms with van der Waals surface area (Å²) in [7, 11) is 0. The highest BCUT2D eigenvalue weighted by Gasteiger charge is 2.28. The van der Waals surface area contributed by atoms with Crippen LogP contribution in [0.15, 0.2) is 6.07 Å². The quantitative estimate of drug-likeness (QED) is 0.792. The van der Waals surface area contributed by atoms with Gasteiger partial charge in [-0.15, -0.1) is 0 Å². The summed E-state index contributed by atoms with van der Waals surface area (Å²) in [4.78, 5) is 12.6. The number of nitrogens with zero attached hydrogens (tertiary/aromatic N) is 2. The van der Waals surface area contributed by atoms with Crippen molar-refractivity contribution >= 4 is 5.78 Å². The molecule has 1 aliphatic rings. The van der Waals surface area contributed by atoms with Crippen molar-refractivity contribution < 1.29 is 4.79 Å². The number of aromatic nitrogens is 2. The molecule has 3 heteroatoms. The van der Waals surface area contributed by atoms with Crippen molar-refractivity contribution in [3.05, 3.63) is 17.5 Å². The Balaban J connectivity index is 1.94. The molecule has 0 amide bonds. The fourth-order valence-electron chi connectivity index (χ4n) is 3.53. The molecule has 0 aromatic carbocycles. The Kier molecular flexibility index (Phi) is 5.60. The number of ketones is 1. The van der Waals surface area contributed by atoms with Gasteiger partial charge in [-0.2, -0.15) is 5.10 Å². The fraction of sp³-hybridized carbons (Fsp3) is 0.778. The maximum Gasteiger partial charge on any atom is 0.141 e. The highest BCUT2D eigenvalue weighted by atomic mass is 16.1. The Labute approximate surface area is 129 Å². The minimum absolute atomic E-state index is 0.283. The van der Waals surface area contributed by atoms with Gasteiger partial charge in [-0.05, 0) is 56.9 Å². The molecule has 1 aromatic rings. The van der Waals surface area contributed by atoms with Crippen LogP contribution in [0.5, 0.6) is 0 Å². The van der Waals surface area contributed by atoms with E-state index in [-0.39, 0.29) is 5.92 Å². The SMILES string of the molecule is CCc1cc(CC(=O)C2CCC(C(C)C)CC2)n(CC)n1. The minimum Gasteiger partial charge on any atom is -0.299 e. The van der Waals surface area contributed by atoms with Gasteiger partial charge in [0.05, 0.1) is 5.69 Å². The highest BCUT2D eigenvalue weighted by molar-refractivity contribution is 5.83. The summed E-state index contributed by atoms with van der Waals surface area (Å²) in [6.45, 7) is 9.66. The third kappa shape index (κ3) is 3.96. The average Bonchev–Trinajstić information content (AvgIpc) is 2.89. The maximum atomic E-state index is 12.6. The molecular formula is C18H30N2O. The molecule has 1 saturated carbocycles. The van der Waals surface area contributed by atoms with Crippen molar-refractivity contribution in [1.29, 1.82) is 0 Å². The normalized spacial score (nSPS) is 22.7. The average molecular weight is 290 g/mol. The van der Waals surface area contributed by atoms with Crippen LogP contribution in [0.3, 0.4) is 0 Å². The van der Waals surface area contributed by atoms with E-state index >= 15 is 0 Å². The third-order valence-corrected chi connectivity index (χ3v) is 5.10. The topological polar surface area (TPSA) is 34.9 Å². The third-order valence-electron chi connectivity index (χ3n) is 5.10. The van der Waals surface area contributed by atoms with Gasteiger partial charge in [-0.1, -0.05) is 20.8 Å². The molecule has 0 radical (unpaired) electrons. The van der Waals surface area contributed by atoms with Crippen molar-refractivity contribution in [1.82, 2.24) is 9.78 Å². The smallest absolute Gasteiger partial charge is 0.141 e. The van der Waals surface area contributed by atoms with Crippen LogP contribution >= 0.6 is 0 Å². The Morgan fingerprint density at radius 2 is 1.95 bits per heavy atom. The fourth-order valence-corrected chi connectivity index (χ4v) is 3.53. The molecule has 3 nitrogen and oxygen atoms in total. The van der Waals surface area contributed by atoms with Crippen LogP contribution in [0, 0.1) is 17.8 Å². The van der Waals surface area contributed by atoms with Gasteiger partial charge in [0.2, 0.25) is 0 Å². The van der Waals surface area contributed by atoms with E-state index < -0.39 is 0 Å². The number of carbonyl (C=O) groups is 1. The monoisotopic (exact) mass is 290 g/mol. The molecule has 1 heterocycles. The summed E-state index contributed by atoms with van der Waals surface area (Å²) < 4.78 is 2.00. The zero-order valence-corrected chi connectivity index (χ0v) is 14.1. The molecule has 1 aromatic heterocycles. The van der Waals surface area contributed by atoms with Crippen molar-refractivity contribution in [3.63, 3.8) is 0 Å². The first-order valence-corrected chi connectivity index (χ1v) is 8.63. The Morgan fingerprint density at radius 3 is 2.48 bits per heavy atom. The van der Waals surface area contributed by atoms with Crippen LogP contribution in [0.4, 0.5) is 0 Å². The molecule has 1 aliphatic carbocycles. The summed E-state index contributed by atoms with van der Waals surface area (Å²) in [5.74, 6) is 2.29. The van der Waals surface area contributed by atoms with E-state index in [9.17, 15) is 4.79 Å². The van der Waals surface area contributed by atoms with E-state index in [1.807, 2.05) is 4.68 Å². The molecule has 0 bridgehead atoms. The van der Waals surface area contributed by atoms with Gasteiger partial charge in [-0.3, -0.25) is 9.48 Å². The van der Waals surface area contributed by atoms with E-state index in [0.29, 0.717) is 12.2 Å². The van der Waals surface area contributed by atoms with Crippen LogP contribution in [0.25, 0.3) is 0 Å². The first-order chi connectivity index (χ1) is 10.0. The summed E-state index contributed by atoms with van der Waals surface area (Å²) >= 11 is 0. The number of carbonyl (C=O) groups excluding carboxylic acids is 1. The second-order valence-electron chi connectivity index (χ2n) is 6.80. The molecule has 0 aliphatic heterocycles.